The fraction of sp³-hybridized carbons (Fsp3) is 0.0769. The maximum atomic E-state index is 13.9. The molecular weight excluding hydrogens is 297 g/mol. The van der Waals surface area contributed by atoms with Crippen molar-refractivity contribution in [2.45, 2.75) is 0 Å². The summed E-state index contributed by atoms with van der Waals surface area (Å²) in [5, 5.41) is 0. The van der Waals surface area contributed by atoms with Crippen LogP contribution in [0.25, 0.3) is 0 Å². The van der Waals surface area contributed by atoms with Crippen LogP contribution in [0.2, 0.25) is 0 Å². The second kappa shape index (κ2) is 5.71. The Labute approximate surface area is 116 Å². The van der Waals surface area contributed by atoms with Crippen molar-refractivity contribution in [1.29, 1.82) is 0 Å². The summed E-state index contributed by atoms with van der Waals surface area (Å²) in [4.78, 5) is 0. The van der Waals surface area contributed by atoms with Crippen LogP contribution in [-0.4, -0.2) is 14.4 Å². The molecule has 0 unspecified atom stereocenters. The van der Waals surface area contributed by atoms with Crippen molar-refractivity contribution in [1.82, 2.24) is 0 Å². The zero-order chi connectivity index (χ0) is 15.7. The molecule has 0 saturated heterocycles. The van der Waals surface area contributed by atoms with Crippen LogP contribution in [-0.2, 0) is 0 Å². The van der Waals surface area contributed by atoms with Crippen LogP contribution in [0, 0.1) is 34.9 Å². The maximum Gasteiger partial charge on any atom is 0.204 e. The van der Waals surface area contributed by atoms with E-state index in [9.17, 15) is 26.3 Å². The molecule has 0 aliphatic carbocycles. The summed E-state index contributed by atoms with van der Waals surface area (Å²) in [6.07, 6.45) is 0. The average molecular weight is 304 g/mol. The highest BCUT2D eigenvalue weighted by Gasteiger charge is 2.22. The number of halogens is 6. The van der Waals surface area contributed by atoms with Crippen LogP contribution >= 0.6 is 0 Å². The molecule has 0 saturated carbocycles. The van der Waals surface area contributed by atoms with Gasteiger partial charge in [0.05, 0.1) is 7.11 Å². The highest BCUT2D eigenvalue weighted by molar-refractivity contribution is 6.67. The molecule has 0 aliphatic rings. The lowest BCUT2D eigenvalue weighted by molar-refractivity contribution is 0.358. The third-order valence-corrected chi connectivity index (χ3v) is 2.86. The van der Waals surface area contributed by atoms with E-state index in [0.29, 0.717) is 18.2 Å². The van der Waals surface area contributed by atoms with Gasteiger partial charge in [0, 0.05) is 12.1 Å². The van der Waals surface area contributed by atoms with Crippen molar-refractivity contribution >= 4 is 18.2 Å². The second-order valence-electron chi connectivity index (χ2n) is 4.20. The Balaban J connectivity index is 2.55. The van der Waals surface area contributed by atoms with Gasteiger partial charge in [-0.05, 0) is 17.0 Å². The van der Waals surface area contributed by atoms with E-state index in [2.05, 4.69) is 4.74 Å². The van der Waals surface area contributed by atoms with Crippen molar-refractivity contribution in [3.8, 4) is 5.75 Å². The Kier molecular flexibility index (Phi) is 4.15. The van der Waals surface area contributed by atoms with Crippen molar-refractivity contribution in [3.05, 3.63) is 53.1 Å². The molecule has 0 amide bonds. The average Bonchev–Trinajstić information content (AvgIpc) is 2.40. The van der Waals surface area contributed by atoms with Crippen LogP contribution in [0.5, 0.6) is 5.75 Å². The zero-order valence-corrected chi connectivity index (χ0v) is 10.6. The molecule has 2 rings (SSSR count). The molecule has 0 bridgehead atoms. The highest BCUT2D eigenvalue weighted by Crippen LogP contribution is 2.20. The number of hydrogen-bond acceptors (Lipinski definition) is 1. The third kappa shape index (κ3) is 2.84. The van der Waals surface area contributed by atoms with Crippen LogP contribution in [0.1, 0.15) is 0 Å². The van der Waals surface area contributed by atoms with E-state index in [0.717, 1.165) is 7.11 Å². The van der Waals surface area contributed by atoms with E-state index in [4.69, 9.17) is 0 Å². The van der Waals surface area contributed by atoms with E-state index >= 15 is 0 Å². The lowest BCUT2D eigenvalue weighted by atomic mass is 9.63. The first kappa shape index (κ1) is 15.3. The maximum absolute atomic E-state index is 13.9. The molecule has 2 aromatic rings. The fourth-order valence-electron chi connectivity index (χ4n) is 1.89. The first-order valence-electron chi connectivity index (χ1n) is 5.69. The van der Waals surface area contributed by atoms with Gasteiger partial charge < -0.3 is 4.74 Å². The molecule has 0 fully saturated rings. The van der Waals surface area contributed by atoms with Gasteiger partial charge in [0.25, 0.3) is 0 Å². The summed E-state index contributed by atoms with van der Waals surface area (Å²) < 4.78 is 84.8. The monoisotopic (exact) mass is 304 g/mol. The highest BCUT2D eigenvalue weighted by atomic mass is 19.2. The lowest BCUT2D eigenvalue weighted by Gasteiger charge is -2.10. The predicted molar refractivity (Wildman–Crippen MR) is 65.6 cm³/mol. The molecule has 110 valence electrons. The van der Waals surface area contributed by atoms with Crippen LogP contribution in [0.3, 0.4) is 0 Å². The third-order valence-electron chi connectivity index (χ3n) is 2.86. The van der Waals surface area contributed by atoms with Crippen molar-refractivity contribution in [2.75, 3.05) is 7.11 Å². The standard InChI is InChI=1S/C13H7BF6O/c1-21-13-9(18)4-7(16)10(12(13)20)14-6-2-5(15)3-8(17)11(6)19/h2-4,14H,1H3. The van der Waals surface area contributed by atoms with Crippen molar-refractivity contribution < 1.29 is 31.1 Å². The van der Waals surface area contributed by atoms with Gasteiger partial charge in [-0.25, -0.2) is 26.3 Å². The Morgan fingerprint density at radius 2 is 1.48 bits per heavy atom. The van der Waals surface area contributed by atoms with Gasteiger partial charge in [0.1, 0.15) is 11.6 Å². The Bertz CT molecular complexity index is 704. The Morgan fingerprint density at radius 1 is 0.810 bits per heavy atom. The van der Waals surface area contributed by atoms with Crippen LogP contribution in [0.4, 0.5) is 26.3 Å². The van der Waals surface area contributed by atoms with Crippen molar-refractivity contribution in [2.24, 2.45) is 0 Å². The number of methoxy groups -OCH3 is 1. The number of rotatable bonds is 3. The molecular formula is C13H7BF6O. The second-order valence-corrected chi connectivity index (χ2v) is 4.20. The Morgan fingerprint density at radius 3 is 2.10 bits per heavy atom. The summed E-state index contributed by atoms with van der Waals surface area (Å²) in [5.74, 6) is -8.85. The van der Waals surface area contributed by atoms with E-state index in [1.165, 1.54) is 0 Å². The molecule has 2 aromatic carbocycles. The molecule has 0 spiro atoms. The molecule has 0 heterocycles. The first-order chi connectivity index (χ1) is 9.85. The van der Waals surface area contributed by atoms with Crippen molar-refractivity contribution in [3.63, 3.8) is 0 Å². The van der Waals surface area contributed by atoms with Gasteiger partial charge in [-0.15, -0.1) is 0 Å². The molecule has 8 heteroatoms. The van der Waals surface area contributed by atoms with Gasteiger partial charge >= 0.3 is 0 Å². The van der Waals surface area contributed by atoms with E-state index in [1.807, 2.05) is 0 Å². The number of benzene rings is 2. The van der Waals surface area contributed by atoms with E-state index in [-0.39, 0.29) is 0 Å². The quantitative estimate of drug-likeness (QED) is 0.478. The SMILES string of the molecule is COc1c(F)cc(F)c(Bc2cc(F)cc(F)c2F)c1F. The van der Waals surface area contributed by atoms with Gasteiger partial charge in [0.15, 0.2) is 29.0 Å². The summed E-state index contributed by atoms with van der Waals surface area (Å²) >= 11 is 0. The van der Waals surface area contributed by atoms with E-state index < -0.39 is 58.9 Å². The van der Waals surface area contributed by atoms with Gasteiger partial charge in [-0.2, -0.15) is 0 Å². The van der Waals surface area contributed by atoms with Gasteiger partial charge in [0.2, 0.25) is 7.28 Å². The topological polar surface area (TPSA) is 9.23 Å². The minimum Gasteiger partial charge on any atom is -0.491 e. The van der Waals surface area contributed by atoms with Crippen LogP contribution < -0.4 is 15.7 Å². The molecule has 0 radical (unpaired) electrons. The summed E-state index contributed by atoms with van der Waals surface area (Å²) in [5.41, 5.74) is -1.35. The fourth-order valence-corrected chi connectivity index (χ4v) is 1.89. The Hall–Kier alpha value is -2.12. The smallest absolute Gasteiger partial charge is 0.204 e. The van der Waals surface area contributed by atoms with E-state index in [1.54, 1.807) is 0 Å². The minimum absolute atomic E-state index is 0.302. The molecule has 0 atom stereocenters. The largest absolute Gasteiger partial charge is 0.491 e. The van der Waals surface area contributed by atoms with Gasteiger partial charge in [-0.3, -0.25) is 0 Å². The molecule has 21 heavy (non-hydrogen) atoms. The first-order valence-corrected chi connectivity index (χ1v) is 5.69. The summed E-state index contributed by atoms with van der Waals surface area (Å²) in [6, 6.07) is 1.26. The normalized spacial score (nSPS) is 10.6. The molecule has 0 aromatic heterocycles. The van der Waals surface area contributed by atoms with Gasteiger partial charge in [-0.1, -0.05) is 0 Å². The van der Waals surface area contributed by atoms with Crippen LogP contribution in [0.15, 0.2) is 18.2 Å². The predicted octanol–water partition coefficient (Wildman–Crippen LogP) is 1.92. The summed E-state index contributed by atoms with van der Waals surface area (Å²) in [7, 11) is 0.167. The molecule has 0 N–H and O–H groups in total. The zero-order valence-electron chi connectivity index (χ0n) is 10.6. The lowest BCUT2D eigenvalue weighted by Crippen LogP contribution is -2.35. The molecule has 0 aliphatic heterocycles. The number of hydrogen-bond donors (Lipinski definition) is 0. The summed E-state index contributed by atoms with van der Waals surface area (Å²) in [6.45, 7) is 0. The number of ether oxygens (including phenoxy) is 1. The minimum atomic E-state index is -1.49. The molecule has 1 nitrogen and oxygen atoms in total.